The Kier molecular flexibility index (Phi) is 3.44. The SMILES string of the molecule is O=C(N1CCCc2ccccc21)C1(c2cccc(F)c2)CCC1. The van der Waals surface area contributed by atoms with E-state index in [0.717, 1.165) is 49.9 Å². The normalized spacial score (nSPS) is 18.9. The van der Waals surface area contributed by atoms with Crippen LogP contribution in [0.5, 0.6) is 0 Å². The lowest BCUT2D eigenvalue weighted by molar-refractivity contribution is -0.127. The van der Waals surface area contributed by atoms with Crippen molar-refractivity contribution < 1.29 is 9.18 Å². The van der Waals surface area contributed by atoms with E-state index in [0.29, 0.717) is 0 Å². The van der Waals surface area contributed by atoms with E-state index < -0.39 is 5.41 Å². The number of carbonyl (C=O) groups excluding carboxylic acids is 1. The van der Waals surface area contributed by atoms with E-state index in [4.69, 9.17) is 0 Å². The van der Waals surface area contributed by atoms with Gasteiger partial charge in [0.1, 0.15) is 5.82 Å². The van der Waals surface area contributed by atoms with Gasteiger partial charge < -0.3 is 4.90 Å². The molecule has 0 aromatic heterocycles. The van der Waals surface area contributed by atoms with Gasteiger partial charge in [0.2, 0.25) is 5.91 Å². The maximum atomic E-state index is 13.7. The average Bonchev–Trinajstić information content (AvgIpc) is 2.53. The van der Waals surface area contributed by atoms with Gasteiger partial charge in [-0.05, 0) is 55.0 Å². The zero-order valence-electron chi connectivity index (χ0n) is 13.1. The number of carbonyl (C=O) groups is 1. The fourth-order valence-electron chi connectivity index (χ4n) is 3.95. The predicted octanol–water partition coefficient (Wildman–Crippen LogP) is 4.23. The molecule has 0 unspecified atom stereocenters. The molecule has 0 bridgehead atoms. The van der Waals surface area contributed by atoms with Gasteiger partial charge in [-0.15, -0.1) is 0 Å². The summed E-state index contributed by atoms with van der Waals surface area (Å²) in [6.45, 7) is 0.757. The average molecular weight is 309 g/mol. The predicted molar refractivity (Wildman–Crippen MR) is 89.0 cm³/mol. The van der Waals surface area contributed by atoms with E-state index in [-0.39, 0.29) is 11.7 Å². The molecule has 2 nitrogen and oxygen atoms in total. The number of aryl methyl sites for hydroxylation is 1. The van der Waals surface area contributed by atoms with Gasteiger partial charge in [0.05, 0.1) is 5.41 Å². The number of fused-ring (bicyclic) bond motifs is 1. The minimum Gasteiger partial charge on any atom is -0.311 e. The summed E-state index contributed by atoms with van der Waals surface area (Å²) in [7, 11) is 0. The third-order valence-electron chi connectivity index (χ3n) is 5.35. The Balaban J connectivity index is 1.74. The van der Waals surface area contributed by atoms with Crippen molar-refractivity contribution in [3.63, 3.8) is 0 Å². The second-order valence-electron chi connectivity index (χ2n) is 6.64. The molecule has 4 rings (SSSR count). The molecule has 1 saturated carbocycles. The molecule has 0 atom stereocenters. The van der Waals surface area contributed by atoms with E-state index in [1.54, 1.807) is 6.07 Å². The van der Waals surface area contributed by atoms with Gasteiger partial charge in [-0.25, -0.2) is 4.39 Å². The third-order valence-corrected chi connectivity index (χ3v) is 5.35. The Morgan fingerprint density at radius 3 is 2.61 bits per heavy atom. The Bertz CT molecular complexity index is 751. The van der Waals surface area contributed by atoms with E-state index in [2.05, 4.69) is 6.07 Å². The van der Waals surface area contributed by atoms with Crippen LogP contribution >= 0.6 is 0 Å². The van der Waals surface area contributed by atoms with Crippen molar-refractivity contribution in [1.29, 1.82) is 0 Å². The van der Waals surface area contributed by atoms with Crippen LogP contribution in [0.3, 0.4) is 0 Å². The number of hydrogen-bond donors (Lipinski definition) is 0. The number of amides is 1. The minimum atomic E-state index is -0.535. The summed E-state index contributed by atoms with van der Waals surface area (Å²) in [4.78, 5) is 15.3. The first-order valence-electron chi connectivity index (χ1n) is 8.37. The molecular weight excluding hydrogens is 289 g/mol. The molecule has 118 valence electrons. The Hall–Kier alpha value is -2.16. The number of hydrogen-bond acceptors (Lipinski definition) is 1. The van der Waals surface area contributed by atoms with Gasteiger partial charge in [0.25, 0.3) is 0 Å². The van der Waals surface area contributed by atoms with Gasteiger partial charge in [-0.2, -0.15) is 0 Å². The number of benzene rings is 2. The van der Waals surface area contributed by atoms with Crippen LogP contribution < -0.4 is 4.90 Å². The summed E-state index contributed by atoms with van der Waals surface area (Å²) < 4.78 is 13.7. The van der Waals surface area contributed by atoms with Crippen molar-refractivity contribution in [2.45, 2.75) is 37.5 Å². The van der Waals surface area contributed by atoms with Gasteiger partial charge in [-0.3, -0.25) is 4.79 Å². The number of halogens is 1. The van der Waals surface area contributed by atoms with E-state index in [1.165, 1.54) is 17.7 Å². The standard InChI is InChI=1S/C20H20FNO/c21-17-9-3-8-16(14-17)20(11-5-12-20)19(23)22-13-4-7-15-6-1-2-10-18(15)22/h1-3,6,8-10,14H,4-5,7,11-13H2. The lowest BCUT2D eigenvalue weighted by Crippen LogP contribution is -2.52. The topological polar surface area (TPSA) is 20.3 Å². The third kappa shape index (κ3) is 2.26. The smallest absolute Gasteiger partial charge is 0.237 e. The zero-order chi connectivity index (χ0) is 15.9. The number of para-hydroxylation sites is 1. The summed E-state index contributed by atoms with van der Waals surface area (Å²) in [5.41, 5.74) is 2.57. The lowest BCUT2D eigenvalue weighted by atomic mass is 9.63. The Morgan fingerprint density at radius 2 is 1.87 bits per heavy atom. The van der Waals surface area contributed by atoms with E-state index in [1.807, 2.05) is 29.2 Å². The van der Waals surface area contributed by atoms with Crippen LogP contribution in [-0.2, 0) is 16.6 Å². The van der Waals surface area contributed by atoms with Crippen molar-refractivity contribution in [2.75, 3.05) is 11.4 Å². The zero-order valence-corrected chi connectivity index (χ0v) is 13.1. The van der Waals surface area contributed by atoms with Crippen molar-refractivity contribution in [2.24, 2.45) is 0 Å². The molecule has 1 heterocycles. The van der Waals surface area contributed by atoms with Gasteiger partial charge in [-0.1, -0.05) is 36.8 Å². The van der Waals surface area contributed by atoms with Crippen molar-refractivity contribution >= 4 is 11.6 Å². The molecule has 1 aliphatic carbocycles. The fraction of sp³-hybridized carbons (Fsp3) is 0.350. The van der Waals surface area contributed by atoms with Crippen LogP contribution in [0, 0.1) is 5.82 Å². The molecule has 0 radical (unpaired) electrons. The quantitative estimate of drug-likeness (QED) is 0.813. The highest BCUT2D eigenvalue weighted by Crippen LogP contribution is 2.46. The molecule has 1 aliphatic heterocycles. The second kappa shape index (κ2) is 5.48. The molecule has 1 fully saturated rings. The highest BCUT2D eigenvalue weighted by Gasteiger charge is 2.48. The first kappa shape index (κ1) is 14.4. The maximum Gasteiger partial charge on any atom is 0.237 e. The van der Waals surface area contributed by atoms with Gasteiger partial charge in [0, 0.05) is 12.2 Å². The monoisotopic (exact) mass is 309 g/mol. The highest BCUT2D eigenvalue weighted by molar-refractivity contribution is 6.02. The molecule has 0 N–H and O–H groups in total. The first-order chi connectivity index (χ1) is 11.2. The van der Waals surface area contributed by atoms with Crippen molar-refractivity contribution in [1.82, 2.24) is 0 Å². The number of rotatable bonds is 2. The van der Waals surface area contributed by atoms with Crippen LogP contribution in [0.4, 0.5) is 10.1 Å². The molecule has 2 aromatic carbocycles. The summed E-state index contributed by atoms with van der Waals surface area (Å²) in [5.74, 6) is -0.123. The van der Waals surface area contributed by atoms with Crippen molar-refractivity contribution in [3.8, 4) is 0 Å². The summed E-state index contributed by atoms with van der Waals surface area (Å²) in [6.07, 6.45) is 4.66. The van der Waals surface area contributed by atoms with Crippen LogP contribution in [0.2, 0.25) is 0 Å². The van der Waals surface area contributed by atoms with Crippen molar-refractivity contribution in [3.05, 3.63) is 65.5 Å². The Labute approximate surface area is 135 Å². The molecule has 2 aromatic rings. The van der Waals surface area contributed by atoms with Crippen LogP contribution in [0.1, 0.15) is 36.8 Å². The molecule has 3 heteroatoms. The summed E-state index contributed by atoms with van der Waals surface area (Å²) in [6, 6.07) is 14.7. The summed E-state index contributed by atoms with van der Waals surface area (Å²) in [5, 5.41) is 0. The summed E-state index contributed by atoms with van der Waals surface area (Å²) >= 11 is 0. The fourth-order valence-corrected chi connectivity index (χ4v) is 3.95. The molecule has 1 amide bonds. The molecule has 23 heavy (non-hydrogen) atoms. The molecule has 0 spiro atoms. The largest absolute Gasteiger partial charge is 0.311 e. The number of nitrogens with zero attached hydrogens (tertiary/aromatic N) is 1. The lowest BCUT2D eigenvalue weighted by Gasteiger charge is -2.45. The molecule has 0 saturated heterocycles. The second-order valence-corrected chi connectivity index (χ2v) is 6.64. The number of anilines is 1. The van der Waals surface area contributed by atoms with Crippen LogP contribution in [0.25, 0.3) is 0 Å². The Morgan fingerprint density at radius 1 is 1.04 bits per heavy atom. The maximum absolute atomic E-state index is 13.7. The first-order valence-corrected chi connectivity index (χ1v) is 8.37. The molecular formula is C20H20FNO. The van der Waals surface area contributed by atoms with Gasteiger partial charge >= 0.3 is 0 Å². The van der Waals surface area contributed by atoms with Gasteiger partial charge in [0.15, 0.2) is 0 Å². The van der Waals surface area contributed by atoms with Crippen LogP contribution in [-0.4, -0.2) is 12.5 Å². The molecule has 2 aliphatic rings. The van der Waals surface area contributed by atoms with E-state index >= 15 is 0 Å². The van der Waals surface area contributed by atoms with E-state index in [9.17, 15) is 9.18 Å². The van der Waals surface area contributed by atoms with Crippen LogP contribution in [0.15, 0.2) is 48.5 Å². The minimum absolute atomic E-state index is 0.140. The highest BCUT2D eigenvalue weighted by atomic mass is 19.1.